The first-order chi connectivity index (χ1) is 11.1. The molecule has 7 heteroatoms. The Hall–Kier alpha value is -2.34. The molecule has 6 nitrogen and oxygen atoms in total. The second-order valence-electron chi connectivity index (χ2n) is 5.49. The van der Waals surface area contributed by atoms with Crippen LogP contribution in [0.5, 0.6) is 0 Å². The van der Waals surface area contributed by atoms with Crippen molar-refractivity contribution in [2.24, 2.45) is 0 Å². The second-order valence-corrected chi connectivity index (χ2v) is 5.93. The van der Waals surface area contributed by atoms with Gasteiger partial charge in [0.05, 0.1) is 5.69 Å². The van der Waals surface area contributed by atoms with Gasteiger partial charge < -0.3 is 10.6 Å². The number of nitrogens with one attached hydrogen (secondary N) is 3. The zero-order valence-corrected chi connectivity index (χ0v) is 13.2. The molecule has 0 radical (unpaired) electrons. The number of carbonyl (C=O) groups excluding carboxylic acids is 2. The van der Waals surface area contributed by atoms with Gasteiger partial charge in [-0.2, -0.15) is 5.10 Å². The average molecular weight is 333 g/mol. The van der Waals surface area contributed by atoms with Crippen molar-refractivity contribution >= 4 is 23.4 Å². The zero-order chi connectivity index (χ0) is 16.2. The molecule has 2 amide bonds. The van der Waals surface area contributed by atoms with Gasteiger partial charge in [-0.3, -0.25) is 14.7 Å². The smallest absolute Gasteiger partial charge is 0.269 e. The van der Waals surface area contributed by atoms with E-state index in [0.717, 1.165) is 18.4 Å². The van der Waals surface area contributed by atoms with Crippen LogP contribution in [0.4, 0.5) is 0 Å². The topological polar surface area (TPSA) is 86.9 Å². The summed E-state index contributed by atoms with van der Waals surface area (Å²) in [5.74, 6) is -0.474. The molecule has 23 heavy (non-hydrogen) atoms. The van der Waals surface area contributed by atoms with Gasteiger partial charge in [0.2, 0.25) is 5.91 Å². The minimum absolute atomic E-state index is 0.134. The first kappa shape index (κ1) is 15.6. The van der Waals surface area contributed by atoms with E-state index in [9.17, 15) is 9.59 Å². The molecule has 1 fully saturated rings. The third-order valence-electron chi connectivity index (χ3n) is 3.78. The van der Waals surface area contributed by atoms with E-state index in [2.05, 4.69) is 20.8 Å². The fourth-order valence-electron chi connectivity index (χ4n) is 2.55. The van der Waals surface area contributed by atoms with Crippen molar-refractivity contribution in [3.05, 3.63) is 41.0 Å². The van der Waals surface area contributed by atoms with E-state index in [1.165, 1.54) is 0 Å². The Bertz CT molecular complexity index is 728. The van der Waals surface area contributed by atoms with Crippen LogP contribution >= 0.6 is 11.6 Å². The molecular weight excluding hydrogens is 316 g/mol. The lowest BCUT2D eigenvalue weighted by atomic mass is 10.1. The Morgan fingerprint density at radius 3 is 3.00 bits per heavy atom. The highest BCUT2D eigenvalue weighted by atomic mass is 35.5. The summed E-state index contributed by atoms with van der Waals surface area (Å²) in [6.07, 6.45) is 2.48. The molecular formula is C16H17ClN4O2. The molecule has 1 atom stereocenters. The lowest BCUT2D eigenvalue weighted by Crippen LogP contribution is -2.45. The molecule has 0 unspecified atom stereocenters. The highest BCUT2D eigenvalue weighted by molar-refractivity contribution is 6.30. The van der Waals surface area contributed by atoms with E-state index in [4.69, 9.17) is 11.6 Å². The van der Waals surface area contributed by atoms with Crippen LogP contribution in [0.25, 0.3) is 11.3 Å². The van der Waals surface area contributed by atoms with Crippen molar-refractivity contribution < 1.29 is 9.59 Å². The van der Waals surface area contributed by atoms with Crippen LogP contribution in [0.3, 0.4) is 0 Å². The first-order valence-corrected chi connectivity index (χ1v) is 7.91. The number of nitrogens with zero attached hydrogens (tertiary/aromatic N) is 1. The van der Waals surface area contributed by atoms with Crippen molar-refractivity contribution in [1.29, 1.82) is 0 Å². The number of hydrogen-bond donors (Lipinski definition) is 3. The predicted octanol–water partition coefficient (Wildman–Crippen LogP) is 2.13. The Labute approximate surface area is 138 Å². The number of benzene rings is 1. The van der Waals surface area contributed by atoms with Crippen molar-refractivity contribution in [3.8, 4) is 11.3 Å². The average Bonchev–Trinajstić information content (AvgIpc) is 2.95. The molecule has 0 bridgehead atoms. The van der Waals surface area contributed by atoms with Crippen LogP contribution < -0.4 is 10.6 Å². The maximum Gasteiger partial charge on any atom is 0.269 e. The number of H-pyrrole nitrogens is 1. The van der Waals surface area contributed by atoms with Crippen LogP contribution in [-0.2, 0) is 4.79 Å². The van der Waals surface area contributed by atoms with E-state index >= 15 is 0 Å². The molecule has 0 saturated carbocycles. The number of rotatable bonds is 3. The van der Waals surface area contributed by atoms with Gasteiger partial charge in [0.25, 0.3) is 5.91 Å². The van der Waals surface area contributed by atoms with Crippen LogP contribution in [0.15, 0.2) is 30.3 Å². The molecule has 2 heterocycles. The Morgan fingerprint density at radius 2 is 2.17 bits per heavy atom. The SMILES string of the molecule is O=C(N[C@@H]1CCCCNC1=O)c1cc(-c2cccc(Cl)c2)n[nH]1. The highest BCUT2D eigenvalue weighted by Crippen LogP contribution is 2.21. The number of amides is 2. The molecule has 3 rings (SSSR count). The summed E-state index contributed by atoms with van der Waals surface area (Å²) in [6, 6.07) is 8.39. The van der Waals surface area contributed by atoms with E-state index in [0.29, 0.717) is 29.4 Å². The van der Waals surface area contributed by atoms with Gasteiger partial charge in [-0.1, -0.05) is 23.7 Å². The predicted molar refractivity (Wildman–Crippen MR) is 87.1 cm³/mol. The summed E-state index contributed by atoms with van der Waals surface area (Å²) in [6.45, 7) is 0.661. The van der Waals surface area contributed by atoms with Gasteiger partial charge in [-0.05, 0) is 37.5 Å². The van der Waals surface area contributed by atoms with Crippen molar-refractivity contribution in [2.75, 3.05) is 6.54 Å². The van der Waals surface area contributed by atoms with E-state index in [1.807, 2.05) is 12.1 Å². The second kappa shape index (κ2) is 6.83. The van der Waals surface area contributed by atoms with Crippen molar-refractivity contribution in [1.82, 2.24) is 20.8 Å². The summed E-state index contributed by atoms with van der Waals surface area (Å²) >= 11 is 5.96. The fourth-order valence-corrected chi connectivity index (χ4v) is 2.74. The normalized spacial score (nSPS) is 18.1. The fraction of sp³-hybridized carbons (Fsp3) is 0.312. The zero-order valence-electron chi connectivity index (χ0n) is 12.4. The first-order valence-electron chi connectivity index (χ1n) is 7.53. The van der Waals surface area contributed by atoms with Gasteiger partial charge in [0, 0.05) is 17.1 Å². The van der Waals surface area contributed by atoms with Crippen LogP contribution in [0.1, 0.15) is 29.8 Å². The molecule has 1 aliphatic rings. The number of aromatic amines is 1. The molecule has 0 aliphatic carbocycles. The largest absolute Gasteiger partial charge is 0.354 e. The van der Waals surface area contributed by atoms with Gasteiger partial charge in [0.1, 0.15) is 11.7 Å². The molecule has 1 saturated heterocycles. The third kappa shape index (κ3) is 3.71. The summed E-state index contributed by atoms with van der Waals surface area (Å²) in [5, 5.41) is 13.0. The molecule has 2 aromatic rings. The Morgan fingerprint density at radius 1 is 1.30 bits per heavy atom. The van der Waals surface area contributed by atoms with Crippen molar-refractivity contribution in [2.45, 2.75) is 25.3 Å². The summed E-state index contributed by atoms with van der Waals surface area (Å²) < 4.78 is 0. The minimum Gasteiger partial charge on any atom is -0.354 e. The number of aromatic nitrogens is 2. The molecule has 0 spiro atoms. The maximum atomic E-state index is 12.3. The Kier molecular flexibility index (Phi) is 4.62. The monoisotopic (exact) mass is 332 g/mol. The standard InChI is InChI=1S/C16H17ClN4O2/c17-11-5-3-4-10(8-11)13-9-14(21-20-13)16(23)19-12-6-1-2-7-18-15(12)22/h3-5,8-9,12H,1-2,6-7H2,(H,18,22)(H,19,23)(H,20,21)/t12-/m1/s1. The lowest BCUT2D eigenvalue weighted by Gasteiger charge is -2.14. The minimum atomic E-state index is -0.497. The molecule has 3 N–H and O–H groups in total. The third-order valence-corrected chi connectivity index (χ3v) is 4.02. The van der Waals surface area contributed by atoms with E-state index in [1.54, 1.807) is 18.2 Å². The Balaban J connectivity index is 1.72. The van der Waals surface area contributed by atoms with Crippen LogP contribution in [-0.4, -0.2) is 34.6 Å². The summed E-state index contributed by atoms with van der Waals surface area (Å²) in [5.41, 5.74) is 1.76. The van der Waals surface area contributed by atoms with Gasteiger partial charge in [0.15, 0.2) is 0 Å². The van der Waals surface area contributed by atoms with Crippen LogP contribution in [0.2, 0.25) is 5.02 Å². The maximum absolute atomic E-state index is 12.3. The quantitative estimate of drug-likeness (QED) is 0.804. The van der Waals surface area contributed by atoms with Gasteiger partial charge in [-0.15, -0.1) is 0 Å². The van der Waals surface area contributed by atoms with E-state index < -0.39 is 6.04 Å². The summed E-state index contributed by atoms with van der Waals surface area (Å²) in [7, 11) is 0. The molecule has 1 aromatic carbocycles. The molecule has 1 aliphatic heterocycles. The van der Waals surface area contributed by atoms with Gasteiger partial charge in [-0.25, -0.2) is 0 Å². The van der Waals surface area contributed by atoms with Crippen LogP contribution in [0, 0.1) is 0 Å². The highest BCUT2D eigenvalue weighted by Gasteiger charge is 2.23. The molecule has 1 aromatic heterocycles. The number of carbonyl (C=O) groups is 2. The lowest BCUT2D eigenvalue weighted by molar-refractivity contribution is -0.122. The summed E-state index contributed by atoms with van der Waals surface area (Å²) in [4.78, 5) is 24.2. The number of hydrogen-bond acceptors (Lipinski definition) is 3. The number of halogens is 1. The van der Waals surface area contributed by atoms with Crippen molar-refractivity contribution in [3.63, 3.8) is 0 Å². The molecule has 120 valence electrons. The van der Waals surface area contributed by atoms with Gasteiger partial charge >= 0.3 is 0 Å². The van der Waals surface area contributed by atoms with E-state index in [-0.39, 0.29) is 11.8 Å².